The minimum atomic E-state index is -2.04. The Kier molecular flexibility index (Phi) is 5.89. The molecule has 4 nitrogen and oxygen atoms in total. The molecule has 0 fully saturated rings. The Morgan fingerprint density at radius 1 is 1.07 bits per heavy atom. The van der Waals surface area contributed by atoms with Crippen molar-refractivity contribution >= 4 is 31.4 Å². The monoisotopic (exact) mass is 428 g/mol. The molecule has 6 heteroatoms. The number of carbonyl (C=O) groups excluding carboxylic acids is 1. The number of furan rings is 1. The van der Waals surface area contributed by atoms with Crippen molar-refractivity contribution in [1.82, 2.24) is 5.32 Å². The van der Waals surface area contributed by atoms with Crippen LogP contribution in [-0.2, 0) is 5.54 Å². The van der Waals surface area contributed by atoms with Crippen molar-refractivity contribution in [3.8, 4) is 11.5 Å². The molecular weight excluding hydrogens is 400 g/mol. The van der Waals surface area contributed by atoms with Gasteiger partial charge in [-0.1, -0.05) is 59.1 Å². The van der Waals surface area contributed by atoms with E-state index < -0.39 is 13.6 Å². The molecule has 1 aliphatic rings. The van der Waals surface area contributed by atoms with Crippen LogP contribution in [0.15, 0.2) is 41.0 Å². The number of urea groups is 1. The van der Waals surface area contributed by atoms with Gasteiger partial charge in [0.15, 0.2) is 5.54 Å². The summed E-state index contributed by atoms with van der Waals surface area (Å²) in [6.07, 6.45) is 1.61. The van der Waals surface area contributed by atoms with Gasteiger partial charge in [-0.25, -0.2) is 4.79 Å². The standard InChI is InChI=1S/C23H29ClN2O2Si/c1-15(2)29(16(3)4,17(5)6)13-11-23(21-8-7-12-28-21)19-14-18(24)9-10-20(19)25-22(27)26-23/h7-10,12,14-17H,1-6H3,(H2,25,26,27). The van der Waals surface area contributed by atoms with Gasteiger partial charge in [-0.15, -0.1) is 5.54 Å². The molecule has 0 bridgehead atoms. The summed E-state index contributed by atoms with van der Waals surface area (Å²) in [4.78, 5) is 12.6. The normalized spacial score (nSPS) is 18.9. The molecule has 1 atom stereocenters. The highest BCUT2D eigenvalue weighted by molar-refractivity contribution is 6.90. The van der Waals surface area contributed by atoms with E-state index in [1.54, 1.807) is 12.3 Å². The van der Waals surface area contributed by atoms with Crippen LogP contribution in [0.4, 0.5) is 10.5 Å². The van der Waals surface area contributed by atoms with Gasteiger partial charge in [-0.3, -0.25) is 0 Å². The Bertz CT molecular complexity index is 935. The molecule has 0 aliphatic carbocycles. The first-order valence-electron chi connectivity index (χ1n) is 10.1. The van der Waals surface area contributed by atoms with E-state index in [4.69, 9.17) is 16.0 Å². The zero-order chi connectivity index (χ0) is 21.4. The summed E-state index contributed by atoms with van der Waals surface area (Å²) in [6, 6.07) is 8.79. The predicted octanol–water partition coefficient (Wildman–Crippen LogP) is 6.53. The van der Waals surface area contributed by atoms with Crippen LogP contribution >= 0.6 is 11.6 Å². The van der Waals surface area contributed by atoms with Crippen molar-refractivity contribution in [2.75, 3.05) is 5.32 Å². The van der Waals surface area contributed by atoms with Crippen LogP contribution in [-0.4, -0.2) is 14.1 Å². The fourth-order valence-corrected chi connectivity index (χ4v) is 10.3. The van der Waals surface area contributed by atoms with Crippen molar-refractivity contribution < 1.29 is 9.21 Å². The summed E-state index contributed by atoms with van der Waals surface area (Å²) in [5, 5.41) is 6.50. The number of rotatable bonds is 4. The van der Waals surface area contributed by atoms with Gasteiger partial charge in [0.05, 0.1) is 6.26 Å². The number of halogens is 1. The van der Waals surface area contributed by atoms with Gasteiger partial charge >= 0.3 is 6.03 Å². The first-order valence-corrected chi connectivity index (χ1v) is 12.7. The summed E-state index contributed by atoms with van der Waals surface area (Å²) >= 11 is 6.33. The van der Waals surface area contributed by atoms with E-state index in [-0.39, 0.29) is 6.03 Å². The lowest BCUT2D eigenvalue weighted by molar-refractivity contribution is 0.242. The molecule has 0 spiro atoms. The second-order valence-electron chi connectivity index (χ2n) is 8.64. The maximum Gasteiger partial charge on any atom is 0.321 e. The molecule has 2 amide bonds. The zero-order valence-electron chi connectivity index (χ0n) is 17.9. The van der Waals surface area contributed by atoms with Crippen molar-refractivity contribution in [2.24, 2.45) is 0 Å². The molecule has 2 N–H and O–H groups in total. The lowest BCUT2D eigenvalue weighted by Crippen LogP contribution is -2.52. The molecule has 2 heterocycles. The van der Waals surface area contributed by atoms with E-state index in [0.717, 1.165) is 5.56 Å². The molecule has 0 radical (unpaired) electrons. The molecule has 1 aromatic heterocycles. The van der Waals surface area contributed by atoms with Gasteiger partial charge in [0.25, 0.3) is 0 Å². The minimum absolute atomic E-state index is 0.309. The summed E-state index contributed by atoms with van der Waals surface area (Å²) in [7, 11) is -2.04. The molecule has 1 aliphatic heterocycles. The van der Waals surface area contributed by atoms with Crippen LogP contribution in [0.5, 0.6) is 0 Å². The van der Waals surface area contributed by atoms with Crippen LogP contribution in [0.3, 0.4) is 0 Å². The summed E-state index contributed by atoms with van der Waals surface area (Å²) in [6.45, 7) is 13.6. The maximum absolute atomic E-state index is 12.6. The van der Waals surface area contributed by atoms with Crippen LogP contribution in [0.2, 0.25) is 21.6 Å². The molecule has 2 aromatic rings. The molecule has 1 aromatic carbocycles. The largest absolute Gasteiger partial charge is 0.465 e. The molecule has 0 saturated heterocycles. The minimum Gasteiger partial charge on any atom is -0.465 e. The molecule has 154 valence electrons. The average molecular weight is 429 g/mol. The molecular formula is C23H29ClN2O2Si. The van der Waals surface area contributed by atoms with E-state index >= 15 is 0 Å². The number of nitrogens with one attached hydrogen (secondary N) is 2. The lowest BCUT2D eigenvalue weighted by Gasteiger charge is -2.39. The van der Waals surface area contributed by atoms with Crippen molar-refractivity contribution in [1.29, 1.82) is 0 Å². The van der Waals surface area contributed by atoms with Gasteiger partial charge in [0, 0.05) is 16.3 Å². The van der Waals surface area contributed by atoms with Gasteiger partial charge in [0.1, 0.15) is 13.8 Å². The number of amides is 2. The van der Waals surface area contributed by atoms with Crippen molar-refractivity contribution in [3.05, 3.63) is 52.9 Å². The summed E-state index contributed by atoms with van der Waals surface area (Å²) < 4.78 is 5.80. The fraction of sp³-hybridized carbons (Fsp3) is 0.435. The van der Waals surface area contributed by atoms with Gasteiger partial charge < -0.3 is 15.1 Å². The highest BCUT2D eigenvalue weighted by Crippen LogP contribution is 2.43. The maximum atomic E-state index is 12.6. The SMILES string of the molecule is CC(C)[Si](C#CC1(c2ccco2)NC(=O)Nc2ccc(Cl)cc21)(C(C)C)C(C)C. The number of fused-ring (bicyclic) bond motifs is 1. The second-order valence-corrected chi connectivity index (χ2v) is 14.7. The highest BCUT2D eigenvalue weighted by Gasteiger charge is 2.46. The zero-order valence-corrected chi connectivity index (χ0v) is 19.6. The summed E-state index contributed by atoms with van der Waals surface area (Å²) in [5.74, 6) is 4.11. The third kappa shape index (κ3) is 3.60. The van der Waals surface area contributed by atoms with Gasteiger partial charge in [0.2, 0.25) is 0 Å². The molecule has 0 saturated carbocycles. The van der Waals surface area contributed by atoms with Crippen LogP contribution in [0.25, 0.3) is 0 Å². The number of carbonyl (C=O) groups is 1. The van der Waals surface area contributed by atoms with Crippen LogP contribution in [0.1, 0.15) is 52.9 Å². The Hall–Kier alpha value is -2.16. The number of benzene rings is 1. The molecule has 29 heavy (non-hydrogen) atoms. The van der Waals surface area contributed by atoms with E-state index in [1.807, 2.05) is 24.3 Å². The van der Waals surface area contributed by atoms with Crippen molar-refractivity contribution in [2.45, 2.75) is 63.7 Å². The second kappa shape index (κ2) is 7.93. The van der Waals surface area contributed by atoms with E-state index in [9.17, 15) is 4.79 Å². The Balaban J connectivity index is 2.32. The quantitative estimate of drug-likeness (QED) is 0.429. The number of anilines is 1. The first kappa shape index (κ1) is 21.5. The molecule has 1 unspecified atom stereocenters. The highest BCUT2D eigenvalue weighted by atomic mass is 35.5. The van der Waals surface area contributed by atoms with Crippen LogP contribution in [0, 0.1) is 11.5 Å². The third-order valence-corrected chi connectivity index (χ3v) is 12.7. The number of hydrogen-bond acceptors (Lipinski definition) is 2. The van der Waals surface area contributed by atoms with E-state index in [0.29, 0.717) is 33.1 Å². The summed E-state index contributed by atoms with van der Waals surface area (Å²) in [5.41, 5.74) is 5.58. The topological polar surface area (TPSA) is 54.3 Å². The van der Waals surface area contributed by atoms with Gasteiger partial charge in [-0.05, 0) is 47.0 Å². The van der Waals surface area contributed by atoms with Crippen LogP contribution < -0.4 is 10.6 Å². The smallest absolute Gasteiger partial charge is 0.321 e. The predicted molar refractivity (Wildman–Crippen MR) is 122 cm³/mol. The fourth-order valence-electron chi connectivity index (χ4n) is 4.81. The van der Waals surface area contributed by atoms with Crippen molar-refractivity contribution in [3.63, 3.8) is 0 Å². The Morgan fingerprint density at radius 2 is 1.72 bits per heavy atom. The Labute approximate surface area is 179 Å². The molecule has 3 rings (SSSR count). The lowest BCUT2D eigenvalue weighted by atomic mass is 9.85. The van der Waals surface area contributed by atoms with Gasteiger partial charge in [-0.2, -0.15) is 0 Å². The Morgan fingerprint density at radius 3 is 2.28 bits per heavy atom. The van der Waals surface area contributed by atoms with E-state index in [2.05, 4.69) is 63.6 Å². The first-order chi connectivity index (χ1) is 13.6. The third-order valence-electron chi connectivity index (χ3n) is 6.16. The average Bonchev–Trinajstić information content (AvgIpc) is 3.16. The van der Waals surface area contributed by atoms with E-state index in [1.165, 1.54) is 0 Å². The number of hydrogen-bond donors (Lipinski definition) is 2.